The largest absolute Gasteiger partial charge is 0.271 e. The molecule has 0 radical (unpaired) electrons. The highest BCUT2D eigenvalue weighted by Crippen LogP contribution is 2.43. The minimum absolute atomic E-state index is 0.504. The zero-order valence-electron chi connectivity index (χ0n) is 12.0. The van der Waals surface area contributed by atoms with E-state index in [1.165, 1.54) is 50.5 Å². The third-order valence-electron chi connectivity index (χ3n) is 5.25. The molecule has 104 valence electrons. The number of fused-ring (bicyclic) bond motifs is 1. The molecule has 0 bridgehead atoms. The van der Waals surface area contributed by atoms with Gasteiger partial charge in [-0.2, -0.15) is 0 Å². The number of nitrogens with one attached hydrogen (secondary N) is 1. The van der Waals surface area contributed by atoms with E-state index in [2.05, 4.69) is 18.9 Å². The van der Waals surface area contributed by atoms with Gasteiger partial charge in [-0.05, 0) is 56.8 Å². The molecular weight excluding hydrogens is 220 g/mol. The van der Waals surface area contributed by atoms with Crippen molar-refractivity contribution in [2.75, 3.05) is 0 Å². The van der Waals surface area contributed by atoms with E-state index >= 15 is 0 Å². The number of nitrogens with two attached hydrogens (primary N) is 1. The molecule has 2 aliphatic carbocycles. The molecule has 2 fully saturated rings. The first-order chi connectivity index (χ1) is 8.70. The first kappa shape index (κ1) is 14.1. The Balaban J connectivity index is 1.85. The summed E-state index contributed by atoms with van der Waals surface area (Å²) < 4.78 is 0. The van der Waals surface area contributed by atoms with E-state index in [4.69, 9.17) is 5.84 Å². The zero-order chi connectivity index (χ0) is 13.0. The Hall–Kier alpha value is -0.340. The number of hydrogen-bond donors (Lipinski definition) is 2. The normalized spacial score (nSPS) is 33.8. The van der Waals surface area contributed by atoms with Crippen LogP contribution in [0, 0.1) is 17.8 Å². The highest BCUT2D eigenvalue weighted by atomic mass is 15.2. The second-order valence-electron chi connectivity index (χ2n) is 6.65. The van der Waals surface area contributed by atoms with Gasteiger partial charge >= 0.3 is 0 Å². The van der Waals surface area contributed by atoms with E-state index in [9.17, 15) is 0 Å². The van der Waals surface area contributed by atoms with Crippen molar-refractivity contribution < 1.29 is 0 Å². The lowest BCUT2D eigenvalue weighted by atomic mass is 9.66. The molecule has 0 aliphatic heterocycles. The van der Waals surface area contributed by atoms with Crippen LogP contribution in [-0.2, 0) is 0 Å². The molecule has 0 aromatic rings. The maximum atomic E-state index is 5.78. The molecule has 18 heavy (non-hydrogen) atoms. The number of hydrazine groups is 1. The summed E-state index contributed by atoms with van der Waals surface area (Å²) in [5.41, 5.74) is 4.36. The first-order valence-corrected chi connectivity index (χ1v) is 7.81. The smallest absolute Gasteiger partial charge is 0.0241 e. The molecule has 0 aromatic heterocycles. The van der Waals surface area contributed by atoms with Gasteiger partial charge in [0.05, 0.1) is 0 Å². The molecule has 2 aliphatic rings. The SMILES string of the molecule is C=C(C)CCC(NN)C1CCC2CCCCC2C1. The molecule has 0 saturated heterocycles. The van der Waals surface area contributed by atoms with Gasteiger partial charge in [0.15, 0.2) is 0 Å². The van der Waals surface area contributed by atoms with E-state index in [0.29, 0.717) is 6.04 Å². The summed E-state index contributed by atoms with van der Waals surface area (Å²) in [5.74, 6) is 8.61. The third-order valence-corrected chi connectivity index (χ3v) is 5.25. The highest BCUT2D eigenvalue weighted by molar-refractivity contribution is 4.92. The Morgan fingerprint density at radius 1 is 1.22 bits per heavy atom. The van der Waals surface area contributed by atoms with Crippen molar-refractivity contribution >= 4 is 0 Å². The zero-order valence-corrected chi connectivity index (χ0v) is 12.0. The quantitative estimate of drug-likeness (QED) is 0.443. The van der Waals surface area contributed by atoms with Gasteiger partial charge in [-0.25, -0.2) is 0 Å². The van der Waals surface area contributed by atoms with Gasteiger partial charge in [0.25, 0.3) is 0 Å². The highest BCUT2D eigenvalue weighted by Gasteiger charge is 2.34. The lowest BCUT2D eigenvalue weighted by Crippen LogP contribution is -2.44. The fourth-order valence-electron chi connectivity index (χ4n) is 4.13. The van der Waals surface area contributed by atoms with Crippen LogP contribution in [0.3, 0.4) is 0 Å². The number of rotatable bonds is 5. The summed E-state index contributed by atoms with van der Waals surface area (Å²) in [6.07, 6.45) is 12.4. The van der Waals surface area contributed by atoms with Crippen LogP contribution in [0.5, 0.6) is 0 Å². The molecule has 2 nitrogen and oxygen atoms in total. The molecule has 2 rings (SSSR count). The second-order valence-corrected chi connectivity index (χ2v) is 6.65. The topological polar surface area (TPSA) is 38.0 Å². The van der Waals surface area contributed by atoms with E-state index in [-0.39, 0.29) is 0 Å². The average Bonchev–Trinajstić information content (AvgIpc) is 2.39. The predicted octanol–water partition coefficient (Wildman–Crippen LogP) is 3.78. The minimum atomic E-state index is 0.504. The van der Waals surface area contributed by atoms with Crippen molar-refractivity contribution in [1.82, 2.24) is 5.43 Å². The monoisotopic (exact) mass is 250 g/mol. The van der Waals surface area contributed by atoms with Crippen LogP contribution in [0.4, 0.5) is 0 Å². The number of hydrogen-bond acceptors (Lipinski definition) is 2. The van der Waals surface area contributed by atoms with Crippen molar-refractivity contribution in [2.45, 2.75) is 70.8 Å². The fourth-order valence-corrected chi connectivity index (χ4v) is 4.13. The van der Waals surface area contributed by atoms with Gasteiger partial charge < -0.3 is 0 Å². The third kappa shape index (κ3) is 3.58. The van der Waals surface area contributed by atoms with Gasteiger partial charge in [-0.1, -0.05) is 31.3 Å². The average molecular weight is 250 g/mol. The Morgan fingerprint density at radius 2 is 1.94 bits per heavy atom. The van der Waals surface area contributed by atoms with Crippen LogP contribution >= 0.6 is 0 Å². The molecule has 3 N–H and O–H groups in total. The molecule has 4 atom stereocenters. The molecular formula is C16H30N2. The van der Waals surface area contributed by atoms with E-state index in [1.807, 2.05) is 0 Å². The van der Waals surface area contributed by atoms with Crippen LogP contribution in [-0.4, -0.2) is 6.04 Å². The minimum Gasteiger partial charge on any atom is -0.271 e. The maximum Gasteiger partial charge on any atom is 0.0241 e. The molecule has 4 unspecified atom stereocenters. The lowest BCUT2D eigenvalue weighted by Gasteiger charge is -2.42. The standard InChI is InChI=1S/C16H30N2/c1-12(2)7-10-16(18-17)15-9-8-13-5-3-4-6-14(13)11-15/h13-16,18H,1,3-11,17H2,2H3. The summed E-state index contributed by atoms with van der Waals surface area (Å²) in [4.78, 5) is 0. The summed E-state index contributed by atoms with van der Waals surface area (Å²) in [6.45, 7) is 6.12. The molecule has 0 aromatic carbocycles. The molecule has 0 amide bonds. The molecule has 2 saturated carbocycles. The molecule has 0 spiro atoms. The second kappa shape index (κ2) is 6.72. The van der Waals surface area contributed by atoms with Crippen molar-refractivity contribution in [3.63, 3.8) is 0 Å². The lowest BCUT2D eigenvalue weighted by molar-refractivity contribution is 0.107. The van der Waals surface area contributed by atoms with E-state index in [1.54, 1.807) is 0 Å². The van der Waals surface area contributed by atoms with Gasteiger partial charge in [-0.15, -0.1) is 6.58 Å². The van der Waals surface area contributed by atoms with Crippen molar-refractivity contribution in [2.24, 2.45) is 23.6 Å². The Bertz CT molecular complexity index is 274. The van der Waals surface area contributed by atoms with Crippen LogP contribution in [0.1, 0.15) is 64.7 Å². The predicted molar refractivity (Wildman–Crippen MR) is 77.9 cm³/mol. The number of allylic oxidation sites excluding steroid dienone is 1. The maximum absolute atomic E-state index is 5.78. The Kier molecular flexibility index (Phi) is 5.25. The van der Waals surface area contributed by atoms with Crippen LogP contribution in [0.25, 0.3) is 0 Å². The Labute approximate surface area is 112 Å². The van der Waals surface area contributed by atoms with E-state index in [0.717, 1.165) is 30.6 Å². The van der Waals surface area contributed by atoms with Crippen molar-refractivity contribution in [3.05, 3.63) is 12.2 Å². The first-order valence-electron chi connectivity index (χ1n) is 7.81. The van der Waals surface area contributed by atoms with Crippen LogP contribution in [0.2, 0.25) is 0 Å². The van der Waals surface area contributed by atoms with Gasteiger partial charge in [0.1, 0.15) is 0 Å². The van der Waals surface area contributed by atoms with Gasteiger partial charge in [-0.3, -0.25) is 11.3 Å². The Morgan fingerprint density at radius 3 is 2.61 bits per heavy atom. The van der Waals surface area contributed by atoms with Crippen LogP contribution in [0.15, 0.2) is 12.2 Å². The van der Waals surface area contributed by atoms with Crippen molar-refractivity contribution in [3.8, 4) is 0 Å². The summed E-state index contributed by atoms with van der Waals surface area (Å²) in [5, 5.41) is 0. The van der Waals surface area contributed by atoms with Gasteiger partial charge in [0, 0.05) is 6.04 Å². The fraction of sp³-hybridized carbons (Fsp3) is 0.875. The van der Waals surface area contributed by atoms with Crippen LogP contribution < -0.4 is 11.3 Å². The summed E-state index contributed by atoms with van der Waals surface area (Å²) in [6, 6.07) is 0.504. The van der Waals surface area contributed by atoms with Crippen molar-refractivity contribution in [1.29, 1.82) is 0 Å². The van der Waals surface area contributed by atoms with E-state index < -0.39 is 0 Å². The van der Waals surface area contributed by atoms with Gasteiger partial charge in [0.2, 0.25) is 0 Å². The molecule has 0 heterocycles. The summed E-state index contributed by atoms with van der Waals surface area (Å²) >= 11 is 0. The summed E-state index contributed by atoms with van der Waals surface area (Å²) in [7, 11) is 0. The molecule has 2 heteroatoms.